The lowest BCUT2D eigenvalue weighted by Crippen LogP contribution is -2.09. The highest BCUT2D eigenvalue weighted by molar-refractivity contribution is 8.66. The van der Waals surface area contributed by atoms with Gasteiger partial charge in [0.2, 0.25) is 0 Å². The third-order valence-corrected chi connectivity index (χ3v) is 6.76. The van der Waals surface area contributed by atoms with Crippen molar-refractivity contribution in [3.8, 4) is 0 Å². The first kappa shape index (κ1) is 12.3. The Morgan fingerprint density at radius 2 is 1.29 bits per heavy atom. The van der Waals surface area contributed by atoms with Gasteiger partial charge in [-0.15, -0.1) is 0 Å². The fourth-order valence-electron chi connectivity index (χ4n) is 1.51. The first-order valence-electron chi connectivity index (χ1n) is 5.36. The minimum atomic E-state index is -0.623. The third kappa shape index (κ3) is 3.42. The quantitative estimate of drug-likeness (QED) is 0.787. The van der Waals surface area contributed by atoms with Crippen LogP contribution in [0, 0.1) is 0 Å². The summed E-state index contributed by atoms with van der Waals surface area (Å²) in [5, 5.41) is 2.63. The zero-order chi connectivity index (χ0) is 12.1. The van der Waals surface area contributed by atoms with Gasteiger partial charge >= 0.3 is 0 Å². The van der Waals surface area contributed by atoms with E-state index in [1.165, 1.54) is 22.0 Å². The molecule has 86 valence electrons. The molecule has 0 aliphatic carbocycles. The summed E-state index contributed by atoms with van der Waals surface area (Å²) in [6.45, 7) is 1.63. The molecule has 0 bridgehead atoms. The number of benzene rings is 2. The maximum Gasteiger partial charge on any atom is 0.190 e. The smallest absolute Gasteiger partial charge is 0.190 e. The Labute approximate surface area is 107 Å². The first-order chi connectivity index (χ1) is 8.27. The van der Waals surface area contributed by atoms with E-state index in [9.17, 15) is 4.79 Å². The molecule has 0 saturated heterocycles. The molecule has 0 aliphatic heterocycles. The van der Waals surface area contributed by atoms with Crippen LogP contribution in [0.4, 0.5) is 0 Å². The van der Waals surface area contributed by atoms with Crippen molar-refractivity contribution in [3.05, 3.63) is 60.7 Å². The van der Waals surface area contributed by atoms with Crippen molar-refractivity contribution in [2.24, 2.45) is 0 Å². The molecule has 0 amide bonds. The molecular formula is C14H13OPS. The van der Waals surface area contributed by atoms with Crippen molar-refractivity contribution in [1.82, 2.24) is 0 Å². The van der Waals surface area contributed by atoms with Gasteiger partial charge in [0.25, 0.3) is 0 Å². The summed E-state index contributed by atoms with van der Waals surface area (Å²) in [5.41, 5.74) is 0. The van der Waals surface area contributed by atoms with Gasteiger partial charge < -0.3 is 0 Å². The van der Waals surface area contributed by atoms with Gasteiger partial charge in [0.1, 0.15) is 0 Å². The minimum Gasteiger partial charge on any atom is -0.287 e. The fourth-order valence-corrected chi connectivity index (χ4v) is 5.30. The average Bonchev–Trinajstić information content (AvgIpc) is 2.38. The predicted octanol–water partition coefficient (Wildman–Crippen LogP) is 3.31. The molecule has 0 atom stereocenters. The van der Waals surface area contributed by atoms with Gasteiger partial charge in [0.15, 0.2) is 5.12 Å². The molecule has 0 fully saturated rings. The Morgan fingerprint density at radius 3 is 1.65 bits per heavy atom. The van der Waals surface area contributed by atoms with Crippen LogP contribution in [-0.4, -0.2) is 5.12 Å². The first-order valence-corrected chi connectivity index (χ1v) is 8.12. The van der Waals surface area contributed by atoms with E-state index < -0.39 is 7.12 Å². The van der Waals surface area contributed by atoms with Crippen molar-refractivity contribution in [1.29, 1.82) is 0 Å². The summed E-state index contributed by atoms with van der Waals surface area (Å²) in [5.74, 6) is 0. The molecule has 2 aromatic rings. The fraction of sp³-hybridized carbons (Fsp3) is 0.0714. The average molecular weight is 260 g/mol. The summed E-state index contributed by atoms with van der Waals surface area (Å²) >= 11 is 1.43. The van der Waals surface area contributed by atoms with Crippen LogP contribution in [-0.2, 0) is 4.79 Å². The van der Waals surface area contributed by atoms with E-state index in [-0.39, 0.29) is 5.12 Å². The van der Waals surface area contributed by atoms with Crippen LogP contribution in [0.2, 0.25) is 0 Å². The van der Waals surface area contributed by atoms with E-state index in [2.05, 4.69) is 24.3 Å². The van der Waals surface area contributed by atoms with Crippen molar-refractivity contribution in [2.45, 2.75) is 6.92 Å². The zero-order valence-electron chi connectivity index (χ0n) is 9.54. The van der Waals surface area contributed by atoms with E-state index in [0.29, 0.717) is 0 Å². The van der Waals surface area contributed by atoms with Gasteiger partial charge in [-0.25, -0.2) is 0 Å². The van der Waals surface area contributed by atoms with Crippen LogP contribution in [0.15, 0.2) is 60.7 Å². The number of hydrogen-bond acceptors (Lipinski definition) is 2. The van der Waals surface area contributed by atoms with E-state index in [1.54, 1.807) is 6.92 Å². The monoisotopic (exact) mass is 260 g/mol. The van der Waals surface area contributed by atoms with E-state index >= 15 is 0 Å². The van der Waals surface area contributed by atoms with Crippen LogP contribution in [0.1, 0.15) is 6.92 Å². The van der Waals surface area contributed by atoms with Crippen LogP contribution in [0.5, 0.6) is 0 Å². The highest BCUT2D eigenvalue weighted by atomic mass is 32.7. The number of hydrogen-bond donors (Lipinski definition) is 0. The molecule has 3 heteroatoms. The lowest BCUT2D eigenvalue weighted by atomic mass is 10.4. The summed E-state index contributed by atoms with van der Waals surface area (Å²) in [6, 6.07) is 20.5. The largest absolute Gasteiger partial charge is 0.287 e. The molecule has 2 rings (SSSR count). The SMILES string of the molecule is CC(=O)SP(c1ccccc1)c1ccccc1. The molecule has 0 aliphatic rings. The molecule has 17 heavy (non-hydrogen) atoms. The molecule has 0 heterocycles. The van der Waals surface area contributed by atoms with Crippen molar-refractivity contribution in [2.75, 3.05) is 0 Å². The summed E-state index contributed by atoms with van der Waals surface area (Å²) in [6.07, 6.45) is 0. The molecule has 0 saturated carbocycles. The van der Waals surface area contributed by atoms with Gasteiger partial charge in [0, 0.05) is 14.0 Å². The topological polar surface area (TPSA) is 17.1 Å². The van der Waals surface area contributed by atoms with Crippen LogP contribution < -0.4 is 10.6 Å². The Bertz CT molecular complexity index is 445. The molecule has 0 N–H and O–H groups in total. The molecular weight excluding hydrogens is 247 g/mol. The molecule has 0 radical (unpaired) electrons. The normalized spacial score (nSPS) is 10.5. The van der Waals surface area contributed by atoms with Gasteiger partial charge in [-0.2, -0.15) is 0 Å². The Morgan fingerprint density at radius 1 is 0.882 bits per heavy atom. The highest BCUT2D eigenvalue weighted by Crippen LogP contribution is 2.47. The second kappa shape index (κ2) is 6.00. The summed E-state index contributed by atoms with van der Waals surface area (Å²) < 4.78 is 0. The predicted molar refractivity (Wildman–Crippen MR) is 77.3 cm³/mol. The summed E-state index contributed by atoms with van der Waals surface area (Å²) in [7, 11) is -0.623. The van der Waals surface area contributed by atoms with Gasteiger partial charge in [-0.05, 0) is 10.6 Å². The highest BCUT2D eigenvalue weighted by Gasteiger charge is 2.16. The Kier molecular flexibility index (Phi) is 4.36. The third-order valence-electron chi connectivity index (χ3n) is 2.20. The van der Waals surface area contributed by atoms with E-state index in [0.717, 1.165) is 0 Å². The van der Waals surface area contributed by atoms with E-state index in [1.807, 2.05) is 36.4 Å². The van der Waals surface area contributed by atoms with Crippen LogP contribution in [0.3, 0.4) is 0 Å². The molecule has 0 unspecified atom stereocenters. The summed E-state index contributed by atoms with van der Waals surface area (Å²) in [4.78, 5) is 11.4. The van der Waals surface area contributed by atoms with Gasteiger partial charge in [-0.3, -0.25) is 4.79 Å². The zero-order valence-corrected chi connectivity index (χ0v) is 11.2. The Balaban J connectivity index is 2.36. The number of carbonyl (C=O) groups excluding carboxylic acids is 1. The number of rotatable bonds is 3. The number of carbonyl (C=O) groups is 1. The van der Waals surface area contributed by atoms with Crippen LogP contribution >= 0.6 is 18.5 Å². The van der Waals surface area contributed by atoms with Crippen molar-refractivity contribution in [3.63, 3.8) is 0 Å². The van der Waals surface area contributed by atoms with Crippen molar-refractivity contribution < 1.29 is 4.79 Å². The molecule has 0 aromatic heterocycles. The van der Waals surface area contributed by atoms with Gasteiger partial charge in [-0.1, -0.05) is 72.0 Å². The second-order valence-electron chi connectivity index (χ2n) is 3.55. The molecule has 0 spiro atoms. The maximum atomic E-state index is 11.4. The maximum absolute atomic E-state index is 11.4. The lowest BCUT2D eigenvalue weighted by Gasteiger charge is -2.15. The molecule has 2 aromatic carbocycles. The molecule has 1 nitrogen and oxygen atoms in total. The standard InChI is InChI=1S/C14H13OPS/c1-12(15)17-16(13-8-4-2-5-9-13)14-10-6-3-7-11-14/h2-11H,1H3. The van der Waals surface area contributed by atoms with Crippen molar-refractivity contribution >= 4 is 34.2 Å². The van der Waals surface area contributed by atoms with Crippen LogP contribution in [0.25, 0.3) is 0 Å². The lowest BCUT2D eigenvalue weighted by molar-refractivity contribution is -0.109. The Hall–Kier alpha value is -1.11. The second-order valence-corrected chi connectivity index (χ2v) is 7.57. The van der Waals surface area contributed by atoms with Gasteiger partial charge in [0.05, 0.1) is 0 Å². The minimum absolute atomic E-state index is 0.170. The van der Waals surface area contributed by atoms with E-state index in [4.69, 9.17) is 0 Å².